The van der Waals surface area contributed by atoms with Crippen LogP contribution in [0, 0.1) is 17.1 Å². The number of carbonyl (C=O) groups excluding carboxylic acids is 1. The molecule has 1 aliphatic carbocycles. The number of benzene rings is 2. The largest absolute Gasteiger partial charge is 0.347 e. The highest BCUT2D eigenvalue weighted by molar-refractivity contribution is 6.02. The third kappa shape index (κ3) is 4.62. The van der Waals surface area contributed by atoms with E-state index in [-0.39, 0.29) is 12.2 Å². The molecule has 5 aromatic rings. The van der Waals surface area contributed by atoms with E-state index in [4.69, 9.17) is 5.26 Å². The van der Waals surface area contributed by atoms with Crippen LogP contribution in [0.15, 0.2) is 61.2 Å². The van der Waals surface area contributed by atoms with E-state index in [9.17, 15) is 9.18 Å². The Kier molecular flexibility index (Phi) is 6.09. The van der Waals surface area contributed by atoms with Crippen LogP contribution in [-0.2, 0) is 6.54 Å². The molecule has 1 saturated carbocycles. The Morgan fingerprint density at radius 3 is 2.87 bits per heavy atom. The zero-order valence-corrected chi connectivity index (χ0v) is 20.4. The topological polar surface area (TPSA) is 125 Å². The van der Waals surface area contributed by atoms with Gasteiger partial charge in [0, 0.05) is 24.2 Å². The van der Waals surface area contributed by atoms with Crippen molar-refractivity contribution < 1.29 is 9.18 Å². The molecule has 1 amide bonds. The lowest BCUT2D eigenvalue weighted by Gasteiger charge is -2.08. The lowest BCUT2D eigenvalue weighted by Crippen LogP contribution is -2.24. The number of halogens is 1. The number of rotatable bonds is 6. The second-order valence-electron chi connectivity index (χ2n) is 9.39. The first kappa shape index (κ1) is 23.5. The van der Waals surface area contributed by atoms with Gasteiger partial charge in [-0.25, -0.2) is 24.0 Å². The van der Waals surface area contributed by atoms with Crippen LogP contribution in [0.5, 0.6) is 0 Å². The van der Waals surface area contributed by atoms with Gasteiger partial charge in [0.05, 0.1) is 23.5 Å². The van der Waals surface area contributed by atoms with Gasteiger partial charge in [-0.2, -0.15) is 10.4 Å². The summed E-state index contributed by atoms with van der Waals surface area (Å²) in [5.41, 5.74) is 4.36. The number of hydrogen-bond donors (Lipinski definition) is 2. The molecule has 9 nitrogen and oxygen atoms in total. The molecule has 188 valence electrons. The molecule has 3 heterocycles. The number of carbonyl (C=O) groups is 1. The highest BCUT2D eigenvalue weighted by atomic mass is 19.1. The number of nitriles is 1. The predicted octanol–water partition coefficient (Wildman–Crippen LogP) is 4.80. The SMILES string of the molecule is N#Cc1cccc(-n2cc(-c3cc(F)cc(CNC(=O)c4ncnc5nc(C6CCCC6)[nH]c45)c3)cn2)c1. The first-order chi connectivity index (χ1) is 18.6. The van der Waals surface area contributed by atoms with Gasteiger partial charge in [-0.05, 0) is 60.4 Å². The minimum absolute atomic E-state index is 0.108. The predicted molar refractivity (Wildman–Crippen MR) is 138 cm³/mol. The van der Waals surface area contributed by atoms with Gasteiger partial charge in [0.2, 0.25) is 0 Å². The number of aromatic amines is 1. The van der Waals surface area contributed by atoms with Crippen molar-refractivity contribution in [3.05, 3.63) is 89.6 Å². The van der Waals surface area contributed by atoms with E-state index in [0.29, 0.717) is 39.3 Å². The Bertz CT molecular complexity index is 1690. The summed E-state index contributed by atoms with van der Waals surface area (Å²) in [4.78, 5) is 29.3. The molecule has 6 rings (SSSR count). The molecule has 1 fully saturated rings. The first-order valence-electron chi connectivity index (χ1n) is 12.4. The third-order valence-corrected chi connectivity index (χ3v) is 6.83. The van der Waals surface area contributed by atoms with Crippen LogP contribution in [0.1, 0.15) is 59.0 Å². The van der Waals surface area contributed by atoms with Gasteiger partial charge >= 0.3 is 0 Å². The fourth-order valence-electron chi connectivity index (χ4n) is 4.93. The van der Waals surface area contributed by atoms with E-state index in [1.807, 2.05) is 6.07 Å². The zero-order valence-electron chi connectivity index (χ0n) is 20.4. The normalized spacial score (nSPS) is 13.6. The number of nitrogens with zero attached hydrogens (tertiary/aromatic N) is 6. The average molecular weight is 507 g/mol. The first-order valence-corrected chi connectivity index (χ1v) is 12.4. The molecule has 2 N–H and O–H groups in total. The van der Waals surface area contributed by atoms with Gasteiger partial charge in [0.15, 0.2) is 11.3 Å². The van der Waals surface area contributed by atoms with Crippen LogP contribution in [0.3, 0.4) is 0 Å². The maximum Gasteiger partial charge on any atom is 0.272 e. The van der Waals surface area contributed by atoms with E-state index in [1.165, 1.54) is 31.3 Å². The van der Waals surface area contributed by atoms with Crippen LogP contribution in [0.2, 0.25) is 0 Å². The Morgan fingerprint density at radius 2 is 2.03 bits per heavy atom. The summed E-state index contributed by atoms with van der Waals surface area (Å²) in [6.07, 6.45) is 9.22. The second-order valence-corrected chi connectivity index (χ2v) is 9.39. The molecule has 0 saturated heterocycles. The number of aromatic nitrogens is 6. The van der Waals surface area contributed by atoms with Gasteiger partial charge in [-0.3, -0.25) is 4.79 Å². The monoisotopic (exact) mass is 506 g/mol. The summed E-state index contributed by atoms with van der Waals surface area (Å²) >= 11 is 0. The molecule has 0 aliphatic heterocycles. The molecule has 38 heavy (non-hydrogen) atoms. The van der Waals surface area contributed by atoms with E-state index in [1.54, 1.807) is 41.3 Å². The van der Waals surface area contributed by atoms with E-state index in [2.05, 4.69) is 36.4 Å². The van der Waals surface area contributed by atoms with Gasteiger partial charge in [0.1, 0.15) is 23.5 Å². The highest BCUT2D eigenvalue weighted by Gasteiger charge is 2.23. The number of nitrogens with one attached hydrogen (secondary N) is 2. The van der Waals surface area contributed by atoms with E-state index >= 15 is 0 Å². The van der Waals surface area contributed by atoms with E-state index < -0.39 is 11.7 Å². The molecule has 3 aromatic heterocycles. The summed E-state index contributed by atoms with van der Waals surface area (Å²) in [6, 6.07) is 13.8. The molecule has 0 radical (unpaired) electrons. The van der Waals surface area contributed by atoms with Crippen molar-refractivity contribution >= 4 is 17.1 Å². The third-order valence-electron chi connectivity index (χ3n) is 6.83. The maximum absolute atomic E-state index is 14.5. The van der Waals surface area contributed by atoms with Crippen molar-refractivity contribution in [1.82, 2.24) is 35.0 Å². The van der Waals surface area contributed by atoms with Crippen LogP contribution >= 0.6 is 0 Å². The van der Waals surface area contributed by atoms with Crippen LogP contribution in [-0.4, -0.2) is 35.6 Å². The summed E-state index contributed by atoms with van der Waals surface area (Å²) in [6.45, 7) is 0.108. The van der Waals surface area contributed by atoms with Crippen molar-refractivity contribution in [2.75, 3.05) is 0 Å². The lowest BCUT2D eigenvalue weighted by molar-refractivity contribution is 0.0947. The Morgan fingerprint density at radius 1 is 1.16 bits per heavy atom. The van der Waals surface area contributed by atoms with Crippen LogP contribution in [0.25, 0.3) is 28.0 Å². The van der Waals surface area contributed by atoms with Gasteiger partial charge < -0.3 is 10.3 Å². The van der Waals surface area contributed by atoms with Gasteiger partial charge in [-0.15, -0.1) is 0 Å². The molecule has 0 unspecified atom stereocenters. The minimum Gasteiger partial charge on any atom is -0.347 e. The lowest BCUT2D eigenvalue weighted by atomic mass is 10.1. The van der Waals surface area contributed by atoms with Crippen LogP contribution in [0.4, 0.5) is 4.39 Å². The van der Waals surface area contributed by atoms with Gasteiger partial charge in [-0.1, -0.05) is 18.9 Å². The fraction of sp³-hybridized carbons (Fsp3) is 0.214. The standard InChI is InChI=1S/C28H23FN8O/c29-22-9-18(8-20(11-22)21-14-34-37(15-21)23-7-3-4-17(10-23)12-30)13-31-28(38)25-24-27(33-16-32-25)36-26(35-24)19-5-1-2-6-19/h3-4,7-11,14-16,19H,1-2,5-6,13H2,(H,31,38)(H,32,33,35,36). The Balaban J connectivity index is 1.20. The van der Waals surface area contributed by atoms with Gasteiger partial charge in [0.25, 0.3) is 5.91 Å². The molecule has 10 heteroatoms. The molecule has 0 bridgehead atoms. The number of imidazole rings is 1. The van der Waals surface area contributed by atoms with E-state index in [0.717, 1.165) is 24.4 Å². The number of H-pyrrole nitrogens is 1. The smallest absolute Gasteiger partial charge is 0.272 e. The Hall–Kier alpha value is -4.91. The summed E-state index contributed by atoms with van der Waals surface area (Å²) in [5, 5.41) is 16.4. The molecule has 1 aliphatic rings. The number of hydrogen-bond acceptors (Lipinski definition) is 6. The van der Waals surface area contributed by atoms with Crippen molar-refractivity contribution in [3.63, 3.8) is 0 Å². The average Bonchev–Trinajstić information content (AvgIpc) is 3.72. The number of fused-ring (bicyclic) bond motifs is 1. The molecule has 2 aromatic carbocycles. The zero-order chi connectivity index (χ0) is 26.1. The summed E-state index contributed by atoms with van der Waals surface area (Å²) < 4.78 is 16.2. The quantitative estimate of drug-likeness (QED) is 0.341. The summed E-state index contributed by atoms with van der Waals surface area (Å²) in [5.74, 6) is 0.382. The summed E-state index contributed by atoms with van der Waals surface area (Å²) in [7, 11) is 0. The maximum atomic E-state index is 14.5. The number of amides is 1. The minimum atomic E-state index is -0.426. The van der Waals surface area contributed by atoms with Crippen molar-refractivity contribution in [3.8, 4) is 22.9 Å². The van der Waals surface area contributed by atoms with Crippen molar-refractivity contribution in [1.29, 1.82) is 5.26 Å². The molecule has 0 atom stereocenters. The fourth-order valence-corrected chi connectivity index (χ4v) is 4.93. The molecular weight excluding hydrogens is 483 g/mol. The second kappa shape index (κ2) is 9.86. The van der Waals surface area contributed by atoms with Crippen molar-refractivity contribution in [2.45, 2.75) is 38.1 Å². The van der Waals surface area contributed by atoms with Crippen molar-refractivity contribution in [2.24, 2.45) is 0 Å². The van der Waals surface area contributed by atoms with Crippen LogP contribution < -0.4 is 5.32 Å². The highest BCUT2D eigenvalue weighted by Crippen LogP contribution is 2.33. The Labute approximate surface area is 217 Å². The molecular formula is C28H23FN8O. The molecule has 0 spiro atoms.